The molecule has 98 valence electrons. The lowest BCUT2D eigenvalue weighted by atomic mass is 10.3. The van der Waals surface area contributed by atoms with Gasteiger partial charge in [-0.3, -0.25) is 9.69 Å². The quantitative estimate of drug-likeness (QED) is 0.811. The Morgan fingerprint density at radius 3 is 2.56 bits per heavy atom. The van der Waals surface area contributed by atoms with Crippen molar-refractivity contribution in [3.63, 3.8) is 0 Å². The Morgan fingerprint density at radius 1 is 1.50 bits per heavy atom. The highest BCUT2D eigenvalue weighted by atomic mass is 79.9. The SMILES string of the molecule is CC(C(N)=S)N(C)CC(=O)Nc1ccc(Br)cc1. The number of benzene rings is 1. The lowest BCUT2D eigenvalue weighted by Gasteiger charge is -2.22. The number of rotatable bonds is 5. The van der Waals surface area contributed by atoms with Crippen molar-refractivity contribution in [2.75, 3.05) is 18.9 Å². The zero-order valence-electron chi connectivity index (χ0n) is 10.3. The monoisotopic (exact) mass is 329 g/mol. The lowest BCUT2D eigenvalue weighted by molar-refractivity contribution is -0.117. The van der Waals surface area contributed by atoms with Gasteiger partial charge < -0.3 is 11.1 Å². The highest BCUT2D eigenvalue weighted by Gasteiger charge is 2.14. The van der Waals surface area contributed by atoms with E-state index in [-0.39, 0.29) is 18.5 Å². The van der Waals surface area contributed by atoms with Crippen LogP contribution in [0.1, 0.15) is 6.92 Å². The zero-order chi connectivity index (χ0) is 13.7. The Morgan fingerprint density at radius 2 is 2.06 bits per heavy atom. The summed E-state index contributed by atoms with van der Waals surface area (Å²) in [5.74, 6) is -0.0945. The van der Waals surface area contributed by atoms with Gasteiger partial charge in [0.05, 0.1) is 17.6 Å². The maximum atomic E-state index is 11.8. The average Bonchev–Trinajstić information content (AvgIpc) is 2.30. The van der Waals surface area contributed by atoms with Crippen molar-refractivity contribution in [1.29, 1.82) is 0 Å². The molecule has 0 radical (unpaired) electrons. The van der Waals surface area contributed by atoms with Crippen LogP contribution in [0, 0.1) is 0 Å². The molecular formula is C12H16BrN3OS. The summed E-state index contributed by atoms with van der Waals surface area (Å²) in [6.45, 7) is 2.11. The molecule has 1 unspecified atom stereocenters. The first-order valence-corrected chi connectivity index (χ1v) is 6.65. The summed E-state index contributed by atoms with van der Waals surface area (Å²) in [6.07, 6.45) is 0. The maximum Gasteiger partial charge on any atom is 0.238 e. The van der Waals surface area contributed by atoms with E-state index in [1.165, 1.54) is 0 Å². The molecular weight excluding hydrogens is 314 g/mol. The standard InChI is InChI=1S/C12H16BrN3OS/c1-8(12(14)18)16(2)7-11(17)15-10-5-3-9(13)4-6-10/h3-6,8H,7H2,1-2H3,(H2,14,18)(H,15,17). The molecule has 0 heterocycles. The summed E-state index contributed by atoms with van der Waals surface area (Å²) in [7, 11) is 1.81. The maximum absolute atomic E-state index is 11.8. The van der Waals surface area contributed by atoms with Gasteiger partial charge in [-0.05, 0) is 38.2 Å². The van der Waals surface area contributed by atoms with Gasteiger partial charge in [-0.25, -0.2) is 0 Å². The van der Waals surface area contributed by atoms with E-state index < -0.39 is 0 Å². The Bertz CT molecular complexity index is 435. The number of carbonyl (C=O) groups excluding carboxylic acids is 1. The van der Waals surface area contributed by atoms with Crippen LogP contribution >= 0.6 is 28.1 Å². The fourth-order valence-corrected chi connectivity index (χ4v) is 1.76. The van der Waals surface area contributed by atoms with Gasteiger partial charge in [0.2, 0.25) is 5.91 Å². The van der Waals surface area contributed by atoms with Crippen molar-refractivity contribution in [1.82, 2.24) is 4.90 Å². The van der Waals surface area contributed by atoms with Crippen molar-refractivity contribution >= 4 is 44.7 Å². The minimum absolute atomic E-state index is 0.0945. The Hall–Kier alpha value is -0.980. The first-order valence-electron chi connectivity index (χ1n) is 5.45. The van der Waals surface area contributed by atoms with Crippen LogP contribution in [0.4, 0.5) is 5.69 Å². The molecule has 1 amide bonds. The van der Waals surface area contributed by atoms with E-state index in [2.05, 4.69) is 21.2 Å². The smallest absolute Gasteiger partial charge is 0.238 e. The van der Waals surface area contributed by atoms with Crippen molar-refractivity contribution in [3.8, 4) is 0 Å². The van der Waals surface area contributed by atoms with Crippen LogP contribution in [0.3, 0.4) is 0 Å². The number of anilines is 1. The fourth-order valence-electron chi connectivity index (χ4n) is 1.31. The molecule has 4 nitrogen and oxygen atoms in total. The van der Waals surface area contributed by atoms with E-state index in [9.17, 15) is 4.79 Å². The second kappa shape index (κ2) is 6.82. The predicted octanol–water partition coefficient (Wildman–Crippen LogP) is 1.99. The molecule has 0 bridgehead atoms. The summed E-state index contributed by atoms with van der Waals surface area (Å²) < 4.78 is 0.972. The number of thiocarbonyl (C=S) groups is 1. The predicted molar refractivity (Wildman–Crippen MR) is 81.6 cm³/mol. The summed E-state index contributed by atoms with van der Waals surface area (Å²) >= 11 is 8.23. The van der Waals surface area contributed by atoms with Crippen LogP contribution in [-0.4, -0.2) is 35.4 Å². The molecule has 3 N–H and O–H groups in total. The molecule has 0 aliphatic rings. The van der Waals surface area contributed by atoms with E-state index >= 15 is 0 Å². The van der Waals surface area contributed by atoms with E-state index in [0.29, 0.717) is 4.99 Å². The summed E-state index contributed by atoms with van der Waals surface area (Å²) in [4.78, 5) is 14.0. The number of nitrogens with one attached hydrogen (secondary N) is 1. The normalized spacial score (nSPS) is 12.2. The topological polar surface area (TPSA) is 58.4 Å². The molecule has 1 aromatic rings. The highest BCUT2D eigenvalue weighted by Crippen LogP contribution is 2.14. The number of likely N-dealkylation sites (N-methyl/N-ethyl adjacent to an activating group) is 1. The number of hydrogen-bond acceptors (Lipinski definition) is 3. The van der Waals surface area contributed by atoms with Crippen LogP contribution in [0.25, 0.3) is 0 Å². The number of halogens is 1. The summed E-state index contributed by atoms with van der Waals surface area (Å²) in [5.41, 5.74) is 6.30. The van der Waals surface area contributed by atoms with Crippen molar-refractivity contribution in [3.05, 3.63) is 28.7 Å². The van der Waals surface area contributed by atoms with Crippen molar-refractivity contribution in [2.45, 2.75) is 13.0 Å². The fraction of sp³-hybridized carbons (Fsp3) is 0.333. The van der Waals surface area contributed by atoms with Gasteiger partial charge in [0.15, 0.2) is 0 Å². The van der Waals surface area contributed by atoms with Crippen LogP contribution in [-0.2, 0) is 4.79 Å². The lowest BCUT2D eigenvalue weighted by Crippen LogP contribution is -2.43. The second-order valence-electron chi connectivity index (χ2n) is 4.05. The Kier molecular flexibility index (Phi) is 5.71. The van der Waals surface area contributed by atoms with Gasteiger partial charge >= 0.3 is 0 Å². The second-order valence-corrected chi connectivity index (χ2v) is 5.44. The zero-order valence-corrected chi connectivity index (χ0v) is 12.7. The average molecular weight is 330 g/mol. The molecule has 0 spiro atoms. The van der Waals surface area contributed by atoms with Crippen molar-refractivity contribution in [2.24, 2.45) is 5.73 Å². The summed E-state index contributed by atoms with van der Waals surface area (Å²) in [6, 6.07) is 7.31. The van der Waals surface area contributed by atoms with Gasteiger partial charge in [0.25, 0.3) is 0 Å². The Labute approximate surface area is 121 Å². The van der Waals surface area contributed by atoms with Crippen LogP contribution < -0.4 is 11.1 Å². The molecule has 0 aromatic heterocycles. The molecule has 0 aliphatic heterocycles. The van der Waals surface area contributed by atoms with E-state index in [1.807, 2.05) is 38.2 Å². The third kappa shape index (κ3) is 4.72. The molecule has 1 rings (SSSR count). The molecule has 1 atom stereocenters. The number of hydrogen-bond donors (Lipinski definition) is 2. The molecule has 0 saturated carbocycles. The first-order chi connectivity index (χ1) is 8.40. The minimum Gasteiger partial charge on any atom is -0.392 e. The summed E-state index contributed by atoms with van der Waals surface area (Å²) in [5, 5.41) is 2.81. The number of nitrogens with zero attached hydrogens (tertiary/aromatic N) is 1. The van der Waals surface area contributed by atoms with Crippen LogP contribution in [0.15, 0.2) is 28.7 Å². The van der Waals surface area contributed by atoms with Gasteiger partial charge in [-0.15, -0.1) is 0 Å². The van der Waals surface area contributed by atoms with E-state index in [0.717, 1.165) is 10.2 Å². The third-order valence-electron chi connectivity index (χ3n) is 2.59. The first kappa shape index (κ1) is 15.1. The van der Waals surface area contributed by atoms with Gasteiger partial charge in [-0.2, -0.15) is 0 Å². The highest BCUT2D eigenvalue weighted by molar-refractivity contribution is 9.10. The van der Waals surface area contributed by atoms with Gasteiger partial charge in [-0.1, -0.05) is 28.1 Å². The molecule has 0 aliphatic carbocycles. The molecule has 0 saturated heterocycles. The third-order valence-corrected chi connectivity index (χ3v) is 3.46. The Balaban J connectivity index is 2.51. The van der Waals surface area contributed by atoms with Gasteiger partial charge in [0, 0.05) is 10.2 Å². The number of nitrogens with two attached hydrogens (primary N) is 1. The largest absolute Gasteiger partial charge is 0.392 e. The van der Waals surface area contributed by atoms with Gasteiger partial charge in [0.1, 0.15) is 0 Å². The molecule has 0 fully saturated rings. The number of amides is 1. The number of carbonyl (C=O) groups is 1. The van der Waals surface area contributed by atoms with E-state index in [4.69, 9.17) is 18.0 Å². The van der Waals surface area contributed by atoms with Crippen LogP contribution in [0.5, 0.6) is 0 Å². The van der Waals surface area contributed by atoms with Crippen molar-refractivity contribution < 1.29 is 4.79 Å². The van der Waals surface area contributed by atoms with Crippen LogP contribution in [0.2, 0.25) is 0 Å². The minimum atomic E-state index is -0.101. The molecule has 6 heteroatoms. The molecule has 18 heavy (non-hydrogen) atoms. The van der Waals surface area contributed by atoms with E-state index in [1.54, 1.807) is 4.90 Å². The molecule has 1 aromatic carbocycles.